The summed E-state index contributed by atoms with van der Waals surface area (Å²) in [5.41, 5.74) is 9.74. The predicted molar refractivity (Wildman–Crippen MR) is 114 cm³/mol. The molecule has 0 spiro atoms. The van der Waals surface area contributed by atoms with Gasteiger partial charge in [0.2, 0.25) is 11.8 Å². The Hall–Kier alpha value is -3.44. The van der Waals surface area contributed by atoms with Crippen LogP contribution in [-0.2, 0) is 6.61 Å². The average Bonchev–Trinajstić information content (AvgIpc) is 3.12. The van der Waals surface area contributed by atoms with Crippen molar-refractivity contribution in [3.8, 4) is 23.4 Å². The molecule has 0 aliphatic carbocycles. The van der Waals surface area contributed by atoms with Crippen molar-refractivity contribution >= 4 is 15.9 Å². The molecule has 2 heterocycles. The molecule has 152 valence electrons. The van der Waals surface area contributed by atoms with E-state index in [0.29, 0.717) is 34.0 Å². The van der Waals surface area contributed by atoms with Crippen LogP contribution in [0.15, 0.2) is 58.4 Å². The van der Waals surface area contributed by atoms with Crippen LogP contribution in [0, 0.1) is 18.3 Å². The van der Waals surface area contributed by atoms with Crippen molar-refractivity contribution in [1.82, 2.24) is 10.2 Å². The number of nitrogens with two attached hydrogens (primary N) is 1. The van der Waals surface area contributed by atoms with Gasteiger partial charge in [-0.25, -0.2) is 0 Å². The van der Waals surface area contributed by atoms with Gasteiger partial charge in [-0.3, -0.25) is 5.10 Å². The highest BCUT2D eigenvalue weighted by Gasteiger charge is 2.35. The normalized spacial score (nSPS) is 15.2. The number of ether oxygens (including phenoxy) is 3. The fourth-order valence-electron chi connectivity index (χ4n) is 3.51. The molecule has 7 nitrogen and oxygen atoms in total. The summed E-state index contributed by atoms with van der Waals surface area (Å²) in [7, 11) is 1.58. The third-order valence-corrected chi connectivity index (χ3v) is 5.53. The fraction of sp³-hybridized carbons (Fsp3) is 0.182. The lowest BCUT2D eigenvalue weighted by atomic mass is 9.84. The topological polar surface area (TPSA) is 106 Å². The number of methoxy groups -OCH3 is 1. The molecule has 8 heteroatoms. The van der Waals surface area contributed by atoms with Crippen molar-refractivity contribution in [3.05, 3.63) is 80.8 Å². The van der Waals surface area contributed by atoms with Gasteiger partial charge in [-0.05, 0) is 46.1 Å². The molecule has 3 N–H and O–H groups in total. The van der Waals surface area contributed by atoms with E-state index in [2.05, 4.69) is 32.2 Å². The number of hydrogen-bond acceptors (Lipinski definition) is 6. The van der Waals surface area contributed by atoms with E-state index in [-0.39, 0.29) is 5.88 Å². The Kier molecular flexibility index (Phi) is 5.38. The van der Waals surface area contributed by atoms with E-state index in [4.69, 9.17) is 19.9 Å². The second-order valence-corrected chi connectivity index (χ2v) is 7.65. The Morgan fingerprint density at radius 2 is 2.07 bits per heavy atom. The molecule has 0 fully saturated rings. The second kappa shape index (κ2) is 8.13. The lowest BCUT2D eigenvalue weighted by Gasteiger charge is -2.25. The highest BCUT2D eigenvalue weighted by Crippen LogP contribution is 2.46. The Balaban J connectivity index is 1.76. The van der Waals surface area contributed by atoms with Gasteiger partial charge in [-0.2, -0.15) is 5.26 Å². The van der Waals surface area contributed by atoms with Crippen molar-refractivity contribution in [1.29, 1.82) is 5.26 Å². The van der Waals surface area contributed by atoms with Gasteiger partial charge in [0.05, 0.1) is 17.5 Å². The number of halogens is 1. The van der Waals surface area contributed by atoms with Crippen molar-refractivity contribution in [2.75, 3.05) is 7.11 Å². The number of rotatable bonds is 5. The molecule has 3 aromatic rings. The molecular formula is C22H19BrN4O3. The van der Waals surface area contributed by atoms with E-state index in [9.17, 15) is 5.26 Å². The minimum Gasteiger partial charge on any atom is -0.493 e. The first-order chi connectivity index (χ1) is 14.5. The third kappa shape index (κ3) is 3.48. The number of aromatic nitrogens is 2. The molecule has 1 aromatic heterocycles. The largest absolute Gasteiger partial charge is 0.493 e. The molecule has 0 amide bonds. The zero-order valence-electron chi connectivity index (χ0n) is 16.4. The molecule has 1 aliphatic heterocycles. The van der Waals surface area contributed by atoms with Gasteiger partial charge in [0.1, 0.15) is 18.2 Å². The van der Waals surface area contributed by atoms with Crippen molar-refractivity contribution in [2.45, 2.75) is 19.4 Å². The van der Waals surface area contributed by atoms with Crippen LogP contribution in [-0.4, -0.2) is 17.3 Å². The number of nitriles is 1. The maximum absolute atomic E-state index is 9.74. The van der Waals surface area contributed by atoms with Gasteiger partial charge < -0.3 is 19.9 Å². The molecule has 30 heavy (non-hydrogen) atoms. The Bertz CT molecular complexity index is 1170. The lowest BCUT2D eigenvalue weighted by Crippen LogP contribution is -2.21. The highest BCUT2D eigenvalue weighted by molar-refractivity contribution is 9.10. The number of fused-ring (bicyclic) bond motifs is 1. The van der Waals surface area contributed by atoms with Gasteiger partial charge >= 0.3 is 0 Å². The minimum atomic E-state index is -0.439. The number of nitrogens with zero attached hydrogens (tertiary/aromatic N) is 2. The summed E-state index contributed by atoms with van der Waals surface area (Å²) >= 11 is 3.60. The average molecular weight is 467 g/mol. The highest BCUT2D eigenvalue weighted by atomic mass is 79.9. The Morgan fingerprint density at radius 1 is 1.30 bits per heavy atom. The Morgan fingerprint density at radius 3 is 2.77 bits per heavy atom. The molecule has 0 saturated carbocycles. The van der Waals surface area contributed by atoms with E-state index in [1.54, 1.807) is 7.11 Å². The monoisotopic (exact) mass is 466 g/mol. The van der Waals surface area contributed by atoms with E-state index < -0.39 is 5.92 Å². The summed E-state index contributed by atoms with van der Waals surface area (Å²) in [5.74, 6) is 1.09. The van der Waals surface area contributed by atoms with Gasteiger partial charge in [0.15, 0.2) is 11.5 Å². The Labute approximate surface area is 182 Å². The number of hydrogen-bond donors (Lipinski definition) is 2. The summed E-state index contributed by atoms with van der Waals surface area (Å²) in [6.07, 6.45) is 0. The zero-order valence-corrected chi connectivity index (χ0v) is 18.0. The van der Waals surface area contributed by atoms with Crippen LogP contribution in [0.5, 0.6) is 17.4 Å². The summed E-state index contributed by atoms with van der Waals surface area (Å²) in [6, 6.07) is 15.8. The van der Waals surface area contributed by atoms with Gasteiger partial charge in [0, 0.05) is 11.3 Å². The number of allylic oxidation sites excluding steroid dienone is 1. The summed E-state index contributed by atoms with van der Waals surface area (Å²) in [6.45, 7) is 2.27. The molecule has 0 radical (unpaired) electrons. The SMILES string of the molecule is COc1cc([C@H]2C(C#N)=C(N)Oc3n[nH]c(C)c32)cc(Br)c1OCc1ccccc1. The maximum Gasteiger partial charge on any atom is 0.244 e. The molecule has 4 rings (SSSR count). The summed E-state index contributed by atoms with van der Waals surface area (Å²) in [5, 5.41) is 16.8. The van der Waals surface area contributed by atoms with Gasteiger partial charge in [-0.15, -0.1) is 5.10 Å². The van der Waals surface area contributed by atoms with Crippen molar-refractivity contribution in [3.63, 3.8) is 0 Å². The number of benzene rings is 2. The van der Waals surface area contributed by atoms with Gasteiger partial charge in [-0.1, -0.05) is 30.3 Å². The fourth-order valence-corrected chi connectivity index (χ4v) is 4.08. The van der Waals surface area contributed by atoms with Gasteiger partial charge in [0.25, 0.3) is 0 Å². The van der Waals surface area contributed by atoms with E-state index in [0.717, 1.165) is 22.4 Å². The van der Waals surface area contributed by atoms with E-state index in [1.165, 1.54) is 0 Å². The lowest BCUT2D eigenvalue weighted by molar-refractivity contribution is 0.282. The van der Waals surface area contributed by atoms with Crippen molar-refractivity contribution in [2.24, 2.45) is 5.73 Å². The van der Waals surface area contributed by atoms with Crippen LogP contribution in [0.1, 0.15) is 28.3 Å². The number of nitrogens with one attached hydrogen (secondary N) is 1. The molecule has 1 atom stereocenters. The maximum atomic E-state index is 9.74. The van der Waals surface area contributed by atoms with Crippen LogP contribution in [0.3, 0.4) is 0 Å². The summed E-state index contributed by atoms with van der Waals surface area (Å²) < 4.78 is 17.9. The van der Waals surface area contributed by atoms with Crippen LogP contribution < -0.4 is 19.9 Å². The van der Waals surface area contributed by atoms with E-state index in [1.807, 2.05) is 49.4 Å². The molecule has 0 unspecified atom stereocenters. The van der Waals surface area contributed by atoms with Crippen LogP contribution in [0.4, 0.5) is 0 Å². The first-order valence-electron chi connectivity index (χ1n) is 9.20. The third-order valence-electron chi connectivity index (χ3n) is 4.94. The first kappa shape index (κ1) is 19.9. The predicted octanol–water partition coefficient (Wildman–Crippen LogP) is 4.29. The molecule has 1 aliphatic rings. The molecule has 2 aromatic carbocycles. The zero-order chi connectivity index (χ0) is 21.3. The molecule has 0 saturated heterocycles. The number of H-pyrrole nitrogens is 1. The number of aryl methyl sites for hydroxylation is 1. The van der Waals surface area contributed by atoms with Crippen LogP contribution in [0.2, 0.25) is 0 Å². The van der Waals surface area contributed by atoms with Crippen LogP contribution in [0.25, 0.3) is 0 Å². The smallest absolute Gasteiger partial charge is 0.244 e. The standard InChI is InChI=1S/C22H19BrN4O3/c1-12-18-19(15(10-24)21(25)30-22(18)27-26-12)14-8-16(23)20(17(9-14)28-2)29-11-13-6-4-3-5-7-13/h3-9,19H,11,25H2,1-2H3,(H,26,27)/t19-/m0/s1. The summed E-state index contributed by atoms with van der Waals surface area (Å²) in [4.78, 5) is 0. The first-order valence-corrected chi connectivity index (χ1v) is 9.99. The number of aromatic amines is 1. The second-order valence-electron chi connectivity index (χ2n) is 6.80. The molecular weight excluding hydrogens is 448 g/mol. The minimum absolute atomic E-state index is 0.0426. The quantitative estimate of drug-likeness (QED) is 0.580. The molecule has 0 bridgehead atoms. The van der Waals surface area contributed by atoms with E-state index >= 15 is 0 Å². The van der Waals surface area contributed by atoms with Crippen LogP contribution >= 0.6 is 15.9 Å². The van der Waals surface area contributed by atoms with Crippen molar-refractivity contribution < 1.29 is 14.2 Å².